The monoisotopic (exact) mass is 441 g/mol. The molecule has 0 saturated heterocycles. The highest BCUT2D eigenvalue weighted by Gasteiger charge is 2.64. The molecule has 0 aliphatic heterocycles. The molecule has 3 aromatic rings. The number of hydrogen-bond acceptors (Lipinski definition) is 6. The summed E-state index contributed by atoms with van der Waals surface area (Å²) in [6.45, 7) is 0.934. The topological polar surface area (TPSA) is 80.3 Å². The van der Waals surface area contributed by atoms with Gasteiger partial charge in [-0.1, -0.05) is 35.6 Å². The van der Waals surface area contributed by atoms with Crippen LogP contribution < -0.4 is 10.6 Å². The number of benzene rings is 2. The second-order valence-corrected chi connectivity index (χ2v) is 7.04. The molecular formula is C19H15F4N3O3S. The minimum atomic E-state index is -5.35. The fraction of sp³-hybridized carbons (Fsp3) is 0.211. The summed E-state index contributed by atoms with van der Waals surface area (Å²) in [5.74, 6) is -4.30. The molecule has 0 spiro atoms. The summed E-state index contributed by atoms with van der Waals surface area (Å²) in [5, 5.41) is 3.28. The van der Waals surface area contributed by atoms with Crippen LogP contribution >= 0.6 is 11.3 Å². The number of para-hydroxylation sites is 1. The molecule has 3 rings (SSSR count). The Morgan fingerprint density at radius 2 is 1.77 bits per heavy atom. The molecule has 0 radical (unpaired) electrons. The SMILES string of the molecule is CCOC(=O)C(NC(=O)c1ccccc1F)(Nc1nc2ccccc2s1)C(F)(F)F. The van der Waals surface area contributed by atoms with E-state index in [2.05, 4.69) is 9.72 Å². The molecule has 2 N–H and O–H groups in total. The molecule has 1 heterocycles. The highest BCUT2D eigenvalue weighted by atomic mass is 32.1. The maximum atomic E-state index is 14.2. The van der Waals surface area contributed by atoms with Crippen LogP contribution in [0.15, 0.2) is 48.5 Å². The molecule has 6 nitrogen and oxygen atoms in total. The van der Waals surface area contributed by atoms with Gasteiger partial charge in [-0.25, -0.2) is 14.2 Å². The van der Waals surface area contributed by atoms with Gasteiger partial charge >= 0.3 is 17.8 Å². The van der Waals surface area contributed by atoms with Crippen molar-refractivity contribution < 1.29 is 31.9 Å². The Bertz CT molecular complexity index is 1050. The zero-order chi connectivity index (χ0) is 21.9. The molecule has 1 aromatic heterocycles. The zero-order valence-corrected chi connectivity index (χ0v) is 16.2. The first kappa shape index (κ1) is 21.5. The number of carbonyl (C=O) groups excluding carboxylic acids is 2. The van der Waals surface area contributed by atoms with E-state index >= 15 is 0 Å². The number of ether oxygens (including phenoxy) is 1. The molecule has 11 heteroatoms. The Labute approximate surface area is 171 Å². The minimum absolute atomic E-state index is 0.282. The maximum Gasteiger partial charge on any atom is 0.442 e. The smallest absolute Gasteiger partial charge is 0.442 e. The Morgan fingerprint density at radius 3 is 2.40 bits per heavy atom. The first-order chi connectivity index (χ1) is 14.2. The van der Waals surface area contributed by atoms with Crippen molar-refractivity contribution in [2.24, 2.45) is 0 Å². The van der Waals surface area contributed by atoms with Gasteiger partial charge in [-0.2, -0.15) is 13.2 Å². The number of anilines is 1. The van der Waals surface area contributed by atoms with Gasteiger partial charge in [0.1, 0.15) is 5.82 Å². The van der Waals surface area contributed by atoms with E-state index in [0.717, 1.165) is 23.5 Å². The van der Waals surface area contributed by atoms with Crippen LogP contribution in [0.2, 0.25) is 0 Å². The van der Waals surface area contributed by atoms with E-state index in [1.165, 1.54) is 19.1 Å². The third-order valence-electron chi connectivity index (χ3n) is 4.01. The van der Waals surface area contributed by atoms with Crippen molar-refractivity contribution in [3.8, 4) is 0 Å². The maximum absolute atomic E-state index is 14.2. The molecule has 1 amide bonds. The van der Waals surface area contributed by atoms with Gasteiger partial charge in [0, 0.05) is 0 Å². The van der Waals surface area contributed by atoms with Crippen molar-refractivity contribution in [1.82, 2.24) is 10.3 Å². The first-order valence-electron chi connectivity index (χ1n) is 8.62. The summed E-state index contributed by atoms with van der Waals surface area (Å²) in [7, 11) is 0. The number of amides is 1. The number of thiazole rings is 1. The molecule has 0 bridgehead atoms. The predicted molar refractivity (Wildman–Crippen MR) is 103 cm³/mol. The Balaban J connectivity index is 2.07. The average molecular weight is 441 g/mol. The molecule has 1 atom stereocenters. The van der Waals surface area contributed by atoms with Crippen LogP contribution in [-0.2, 0) is 9.53 Å². The van der Waals surface area contributed by atoms with Gasteiger partial charge in [-0.15, -0.1) is 0 Å². The van der Waals surface area contributed by atoms with E-state index < -0.39 is 35.1 Å². The van der Waals surface area contributed by atoms with E-state index in [1.54, 1.807) is 29.6 Å². The number of aromatic nitrogens is 1. The molecule has 0 aliphatic carbocycles. The summed E-state index contributed by atoms with van der Waals surface area (Å²) in [6, 6.07) is 11.0. The second-order valence-electron chi connectivity index (χ2n) is 6.01. The van der Waals surface area contributed by atoms with Crippen LogP contribution in [0.4, 0.5) is 22.7 Å². The van der Waals surface area contributed by atoms with Crippen molar-refractivity contribution in [1.29, 1.82) is 0 Å². The summed E-state index contributed by atoms with van der Waals surface area (Å²) in [5.41, 5.74) is -3.96. The van der Waals surface area contributed by atoms with E-state index in [9.17, 15) is 27.2 Å². The fourth-order valence-electron chi connectivity index (χ4n) is 2.60. The molecule has 0 fully saturated rings. The van der Waals surface area contributed by atoms with Gasteiger partial charge in [-0.05, 0) is 31.2 Å². The van der Waals surface area contributed by atoms with Gasteiger partial charge in [-0.3, -0.25) is 4.79 Å². The largest absolute Gasteiger partial charge is 0.463 e. The van der Waals surface area contributed by atoms with E-state index in [-0.39, 0.29) is 11.7 Å². The number of alkyl halides is 3. The Morgan fingerprint density at radius 1 is 1.10 bits per heavy atom. The quantitative estimate of drug-likeness (QED) is 0.342. The predicted octanol–water partition coefficient (Wildman–Crippen LogP) is 4.10. The highest BCUT2D eigenvalue weighted by molar-refractivity contribution is 7.22. The lowest BCUT2D eigenvalue weighted by molar-refractivity contribution is -0.204. The van der Waals surface area contributed by atoms with Crippen molar-refractivity contribution in [2.45, 2.75) is 18.8 Å². The molecule has 0 aliphatic rings. The number of nitrogens with one attached hydrogen (secondary N) is 2. The van der Waals surface area contributed by atoms with Crippen LogP contribution in [0.5, 0.6) is 0 Å². The number of nitrogens with zero attached hydrogens (tertiary/aromatic N) is 1. The first-order valence-corrected chi connectivity index (χ1v) is 9.44. The number of rotatable bonds is 6. The highest BCUT2D eigenvalue weighted by Crippen LogP contribution is 2.36. The lowest BCUT2D eigenvalue weighted by Gasteiger charge is -2.34. The average Bonchev–Trinajstić information content (AvgIpc) is 3.09. The number of fused-ring (bicyclic) bond motifs is 1. The Kier molecular flexibility index (Phi) is 5.92. The standard InChI is InChI=1S/C19H15F4N3O3S/c1-2-29-16(28)18(19(21,22)23,25-15(27)11-7-3-4-8-12(11)20)26-17-24-13-9-5-6-10-14(13)30-17/h3-10H,2H2,1H3,(H,24,26)(H,25,27). The molecule has 0 saturated carbocycles. The molecule has 158 valence electrons. The van der Waals surface area contributed by atoms with Crippen LogP contribution in [-0.4, -0.2) is 35.3 Å². The number of esters is 1. The van der Waals surface area contributed by atoms with Crippen LogP contribution in [0.1, 0.15) is 17.3 Å². The molecule has 30 heavy (non-hydrogen) atoms. The fourth-order valence-corrected chi connectivity index (χ4v) is 3.52. The Hall–Kier alpha value is -3.21. The summed E-state index contributed by atoms with van der Waals surface area (Å²) < 4.78 is 61.6. The van der Waals surface area contributed by atoms with Crippen LogP contribution in [0.25, 0.3) is 10.2 Å². The summed E-state index contributed by atoms with van der Waals surface area (Å²) >= 11 is 0.846. The van der Waals surface area contributed by atoms with Crippen molar-refractivity contribution in [3.63, 3.8) is 0 Å². The molecule has 1 unspecified atom stereocenters. The summed E-state index contributed by atoms with van der Waals surface area (Å²) in [4.78, 5) is 29.0. The van der Waals surface area contributed by atoms with Crippen LogP contribution in [0, 0.1) is 5.82 Å². The van der Waals surface area contributed by atoms with Gasteiger partial charge < -0.3 is 15.4 Å². The van der Waals surface area contributed by atoms with Crippen molar-refractivity contribution in [3.05, 3.63) is 59.9 Å². The molecular weight excluding hydrogens is 426 g/mol. The van der Waals surface area contributed by atoms with Gasteiger partial charge in [0.2, 0.25) is 0 Å². The van der Waals surface area contributed by atoms with Crippen molar-refractivity contribution >= 4 is 38.6 Å². The molecule has 2 aromatic carbocycles. The lowest BCUT2D eigenvalue weighted by Crippen LogP contribution is -2.69. The normalized spacial score (nSPS) is 13.5. The number of carbonyl (C=O) groups is 2. The second kappa shape index (κ2) is 8.27. The number of hydrogen-bond donors (Lipinski definition) is 2. The van der Waals surface area contributed by atoms with E-state index in [0.29, 0.717) is 10.2 Å². The van der Waals surface area contributed by atoms with E-state index in [4.69, 9.17) is 0 Å². The van der Waals surface area contributed by atoms with Gasteiger partial charge in [0.25, 0.3) is 5.91 Å². The zero-order valence-electron chi connectivity index (χ0n) is 15.4. The van der Waals surface area contributed by atoms with Crippen molar-refractivity contribution in [2.75, 3.05) is 11.9 Å². The van der Waals surface area contributed by atoms with E-state index in [1.807, 2.05) is 5.32 Å². The third kappa shape index (κ3) is 4.06. The lowest BCUT2D eigenvalue weighted by atomic mass is 10.1. The summed E-state index contributed by atoms with van der Waals surface area (Å²) in [6.07, 6.45) is -5.35. The van der Waals surface area contributed by atoms with Crippen LogP contribution in [0.3, 0.4) is 0 Å². The van der Waals surface area contributed by atoms with Gasteiger partial charge in [0.15, 0.2) is 5.13 Å². The van der Waals surface area contributed by atoms with Gasteiger partial charge in [0.05, 0.1) is 22.4 Å². The number of halogens is 4. The third-order valence-corrected chi connectivity index (χ3v) is 4.97. The minimum Gasteiger partial charge on any atom is -0.463 e.